The molecule has 1 saturated carbocycles. The molecule has 1 aromatic heterocycles. The molecule has 1 atom stereocenters. The molecular weight excluding hydrogens is 316 g/mol. The number of nitrogens with one attached hydrogen (secondary N) is 2. The average molecular weight is 333 g/mol. The van der Waals surface area contributed by atoms with Crippen molar-refractivity contribution in [2.24, 2.45) is 0 Å². The second-order valence-corrected chi connectivity index (χ2v) is 6.57. The predicted molar refractivity (Wildman–Crippen MR) is 86.7 cm³/mol. The molecule has 2 aromatic rings. The second-order valence-electron chi connectivity index (χ2n) is 5.59. The minimum atomic E-state index is -2.31. The molecule has 1 heterocycles. The van der Waals surface area contributed by atoms with E-state index in [1.807, 2.05) is 6.07 Å². The molecule has 1 unspecified atom stereocenters. The van der Waals surface area contributed by atoms with E-state index in [2.05, 4.69) is 15.5 Å². The number of aromatic nitrogens is 2. The number of H-pyrrole nitrogens is 1. The molecule has 23 heavy (non-hydrogen) atoms. The molecular formula is C15H17N4O3S-. The van der Waals surface area contributed by atoms with E-state index < -0.39 is 11.3 Å². The first-order valence-corrected chi connectivity index (χ1v) is 8.33. The summed E-state index contributed by atoms with van der Waals surface area (Å²) in [6, 6.07) is 8.67. The maximum Gasteiger partial charge on any atom is 0.229 e. The summed E-state index contributed by atoms with van der Waals surface area (Å²) in [5, 5.41) is 9.78. The number of hydrogen-bond donors (Lipinski definition) is 2. The van der Waals surface area contributed by atoms with Crippen molar-refractivity contribution in [1.29, 1.82) is 0 Å². The Balaban J connectivity index is 1.57. The normalized spacial score (nSPS) is 15.2. The van der Waals surface area contributed by atoms with Crippen molar-refractivity contribution in [2.75, 3.05) is 16.7 Å². The number of benzene rings is 1. The quantitative estimate of drug-likeness (QED) is 0.786. The monoisotopic (exact) mass is 333 g/mol. The lowest BCUT2D eigenvalue weighted by Crippen LogP contribution is -2.19. The first kappa shape index (κ1) is 15.7. The molecule has 0 spiro atoms. The van der Waals surface area contributed by atoms with E-state index >= 15 is 0 Å². The summed E-state index contributed by atoms with van der Waals surface area (Å²) in [4.78, 5) is 12.0. The van der Waals surface area contributed by atoms with Crippen molar-refractivity contribution in [3.63, 3.8) is 0 Å². The van der Waals surface area contributed by atoms with Crippen LogP contribution in [0.1, 0.15) is 30.0 Å². The summed E-state index contributed by atoms with van der Waals surface area (Å²) in [7, 11) is 1.46. The summed E-state index contributed by atoms with van der Waals surface area (Å²) in [6.45, 7) is 0. The first-order chi connectivity index (χ1) is 11.0. The van der Waals surface area contributed by atoms with Gasteiger partial charge < -0.3 is 14.2 Å². The Labute approximate surface area is 136 Å². The van der Waals surface area contributed by atoms with E-state index in [1.165, 1.54) is 19.9 Å². The fourth-order valence-electron chi connectivity index (χ4n) is 2.29. The number of carbonyl (C=O) groups is 1. The summed E-state index contributed by atoms with van der Waals surface area (Å²) >= 11 is -2.31. The third kappa shape index (κ3) is 3.96. The lowest BCUT2D eigenvalue weighted by Gasteiger charge is -2.21. The predicted octanol–water partition coefficient (Wildman–Crippen LogP) is 1.70. The summed E-state index contributed by atoms with van der Waals surface area (Å²) < 4.78 is 22.9. The number of anilines is 2. The number of carbonyl (C=O) groups excluding carboxylic acids is 1. The minimum Gasteiger partial charge on any atom is -0.755 e. The third-order valence-corrected chi connectivity index (χ3v) is 4.43. The van der Waals surface area contributed by atoms with Crippen molar-refractivity contribution < 1.29 is 13.6 Å². The van der Waals surface area contributed by atoms with Crippen LogP contribution in [-0.4, -0.2) is 31.9 Å². The highest BCUT2D eigenvalue weighted by Gasteiger charge is 2.25. The van der Waals surface area contributed by atoms with Crippen molar-refractivity contribution >= 4 is 28.7 Å². The van der Waals surface area contributed by atoms with Crippen molar-refractivity contribution in [2.45, 2.75) is 25.2 Å². The summed E-state index contributed by atoms with van der Waals surface area (Å²) in [5.41, 5.74) is 2.41. The molecule has 0 saturated heterocycles. The minimum absolute atomic E-state index is 0.160. The molecule has 7 nitrogen and oxygen atoms in total. The van der Waals surface area contributed by atoms with Gasteiger partial charge in [-0.1, -0.05) is 12.1 Å². The van der Waals surface area contributed by atoms with E-state index in [0.717, 1.165) is 15.6 Å². The van der Waals surface area contributed by atoms with Crippen LogP contribution in [0.4, 0.5) is 11.5 Å². The smallest absolute Gasteiger partial charge is 0.229 e. The number of hydrogen-bond acceptors (Lipinski definition) is 4. The maximum atomic E-state index is 12.0. The van der Waals surface area contributed by atoms with Crippen molar-refractivity contribution in [3.8, 4) is 0 Å². The highest BCUT2D eigenvalue weighted by atomic mass is 32.2. The summed E-state index contributed by atoms with van der Waals surface area (Å²) in [5.74, 6) is 0.937. The molecule has 0 aliphatic heterocycles. The molecule has 1 aliphatic rings. The molecule has 122 valence electrons. The van der Waals surface area contributed by atoms with Gasteiger partial charge in [-0.05, 0) is 30.5 Å². The molecule has 1 amide bonds. The van der Waals surface area contributed by atoms with E-state index in [1.54, 1.807) is 24.3 Å². The van der Waals surface area contributed by atoms with Gasteiger partial charge >= 0.3 is 0 Å². The van der Waals surface area contributed by atoms with Crippen LogP contribution >= 0.6 is 0 Å². The van der Waals surface area contributed by atoms with Gasteiger partial charge in [-0.15, -0.1) is 0 Å². The van der Waals surface area contributed by atoms with Gasteiger partial charge in [-0.2, -0.15) is 5.10 Å². The van der Waals surface area contributed by atoms with Crippen LogP contribution in [0.25, 0.3) is 0 Å². The van der Waals surface area contributed by atoms with Gasteiger partial charge in [0.25, 0.3) is 0 Å². The Morgan fingerprint density at radius 2 is 2.13 bits per heavy atom. The lowest BCUT2D eigenvalue weighted by molar-refractivity contribution is -0.115. The van der Waals surface area contributed by atoms with Crippen LogP contribution < -0.4 is 9.62 Å². The number of rotatable bonds is 6. The third-order valence-electron chi connectivity index (χ3n) is 3.77. The largest absolute Gasteiger partial charge is 0.755 e. The van der Waals surface area contributed by atoms with Crippen LogP contribution in [0.3, 0.4) is 0 Å². The van der Waals surface area contributed by atoms with E-state index in [0.29, 0.717) is 17.4 Å². The van der Waals surface area contributed by atoms with E-state index in [9.17, 15) is 13.6 Å². The van der Waals surface area contributed by atoms with Gasteiger partial charge in [0, 0.05) is 41.7 Å². The molecule has 1 fully saturated rings. The summed E-state index contributed by atoms with van der Waals surface area (Å²) in [6.07, 6.45) is 2.55. The van der Waals surface area contributed by atoms with Gasteiger partial charge in [0.15, 0.2) is 5.82 Å². The Morgan fingerprint density at radius 1 is 1.43 bits per heavy atom. The SMILES string of the molecule is CN(c1ccc(CC(=O)Nc2cc(C3CC3)[nH]n2)cc1)S(=O)[O-]. The number of nitrogens with zero attached hydrogens (tertiary/aromatic N) is 2. The number of amides is 1. The topological polar surface area (TPSA) is 101 Å². The zero-order chi connectivity index (χ0) is 16.4. The Bertz CT molecular complexity index is 725. The van der Waals surface area contributed by atoms with Crippen LogP contribution in [0.15, 0.2) is 30.3 Å². The van der Waals surface area contributed by atoms with Gasteiger partial charge in [0.2, 0.25) is 5.91 Å². The molecule has 0 bridgehead atoms. The zero-order valence-corrected chi connectivity index (χ0v) is 13.4. The van der Waals surface area contributed by atoms with E-state index in [-0.39, 0.29) is 12.3 Å². The molecule has 3 rings (SSSR count). The van der Waals surface area contributed by atoms with E-state index in [4.69, 9.17) is 0 Å². The van der Waals surface area contributed by atoms with Crippen LogP contribution in [0.2, 0.25) is 0 Å². The van der Waals surface area contributed by atoms with Crippen LogP contribution in [-0.2, 0) is 22.5 Å². The molecule has 0 radical (unpaired) electrons. The fraction of sp³-hybridized carbons (Fsp3) is 0.333. The van der Waals surface area contributed by atoms with Crippen molar-refractivity contribution in [3.05, 3.63) is 41.6 Å². The average Bonchev–Trinajstić information content (AvgIpc) is 3.27. The highest BCUT2D eigenvalue weighted by Crippen LogP contribution is 2.39. The van der Waals surface area contributed by atoms with Crippen LogP contribution in [0.5, 0.6) is 0 Å². The van der Waals surface area contributed by atoms with Crippen molar-refractivity contribution in [1.82, 2.24) is 10.2 Å². The van der Waals surface area contributed by atoms with Gasteiger partial charge in [-0.25, -0.2) is 0 Å². The maximum absolute atomic E-state index is 12.0. The highest BCUT2D eigenvalue weighted by molar-refractivity contribution is 7.80. The zero-order valence-electron chi connectivity index (χ0n) is 12.6. The van der Waals surface area contributed by atoms with Crippen LogP contribution in [0, 0.1) is 0 Å². The molecule has 1 aromatic carbocycles. The number of aromatic amines is 1. The Hall–Kier alpha value is -2.19. The second kappa shape index (κ2) is 6.51. The Morgan fingerprint density at radius 3 is 2.74 bits per heavy atom. The standard InChI is InChI=1S/C15H18N4O3S/c1-19(23(21)22)12-6-2-10(3-7-12)8-15(20)16-14-9-13(17-18-14)11-4-5-11/h2-3,6-7,9,11H,4-5,8H2,1H3,(H,21,22)(H2,16,17,18,20)/p-1. The van der Waals surface area contributed by atoms with Gasteiger partial charge in [0.1, 0.15) is 0 Å². The molecule has 2 N–H and O–H groups in total. The fourth-order valence-corrected chi connectivity index (χ4v) is 2.58. The Kier molecular flexibility index (Phi) is 4.44. The first-order valence-electron chi connectivity index (χ1n) is 7.30. The van der Waals surface area contributed by atoms with Gasteiger partial charge in [-0.3, -0.25) is 14.1 Å². The van der Waals surface area contributed by atoms with Gasteiger partial charge in [0.05, 0.1) is 6.42 Å². The molecule has 8 heteroatoms. The lowest BCUT2D eigenvalue weighted by atomic mass is 10.1. The molecule has 1 aliphatic carbocycles.